The highest BCUT2D eigenvalue weighted by Crippen LogP contribution is 2.14. The van der Waals surface area contributed by atoms with Crippen molar-refractivity contribution in [2.24, 2.45) is 5.92 Å². The van der Waals surface area contributed by atoms with Crippen LogP contribution in [0.4, 0.5) is 0 Å². The maximum absolute atomic E-state index is 12.6. The van der Waals surface area contributed by atoms with Gasteiger partial charge < -0.3 is 15.0 Å². The minimum Gasteiger partial charge on any atom is -0.378 e. The van der Waals surface area contributed by atoms with Crippen molar-refractivity contribution in [3.05, 3.63) is 27.9 Å². The maximum Gasteiger partial charge on any atom is 0.347 e. The molecule has 1 N–H and O–H groups in total. The summed E-state index contributed by atoms with van der Waals surface area (Å²) < 4.78 is 6.97. The molecular weight excluding hydrogens is 312 g/mol. The first-order valence-corrected chi connectivity index (χ1v) is 8.15. The van der Waals surface area contributed by atoms with Crippen LogP contribution < -0.4 is 11.0 Å². The predicted octanol–water partition coefficient (Wildman–Crippen LogP) is -0.776. The highest BCUT2D eigenvalue weighted by atomic mass is 16.5. The number of amides is 2. The standard InChI is InChI=1S/C16H22N4O4/c1-10-5-11(2)20(16(23)17-10)4-3-14(21)19-6-12-8-24-9-13(7-19)18-15(12)22/h5,12-13H,3-4,6-9H2,1-2H3,(H,18,22)/t12-,13+/m1/s1. The Labute approximate surface area is 139 Å². The Balaban J connectivity index is 1.67. The van der Waals surface area contributed by atoms with Crippen LogP contribution in [0, 0.1) is 19.8 Å². The van der Waals surface area contributed by atoms with Crippen molar-refractivity contribution in [3.63, 3.8) is 0 Å². The van der Waals surface area contributed by atoms with Crippen molar-refractivity contribution in [3.8, 4) is 0 Å². The average molecular weight is 334 g/mol. The van der Waals surface area contributed by atoms with E-state index in [4.69, 9.17) is 4.74 Å². The second kappa shape index (κ2) is 6.72. The van der Waals surface area contributed by atoms with E-state index in [9.17, 15) is 14.4 Å². The van der Waals surface area contributed by atoms with Gasteiger partial charge >= 0.3 is 5.69 Å². The molecule has 2 aliphatic rings. The summed E-state index contributed by atoms with van der Waals surface area (Å²) in [6, 6.07) is 1.65. The van der Waals surface area contributed by atoms with Crippen LogP contribution in [0.1, 0.15) is 17.8 Å². The lowest BCUT2D eigenvalue weighted by molar-refractivity contribution is -0.133. The van der Waals surface area contributed by atoms with E-state index in [1.807, 2.05) is 13.0 Å². The van der Waals surface area contributed by atoms with Crippen LogP contribution in [0.15, 0.2) is 10.9 Å². The second-order valence-corrected chi connectivity index (χ2v) is 6.46. The molecular formula is C16H22N4O4. The lowest BCUT2D eigenvalue weighted by atomic mass is 10.1. The van der Waals surface area contributed by atoms with E-state index in [1.165, 1.54) is 4.57 Å². The van der Waals surface area contributed by atoms with E-state index in [0.29, 0.717) is 38.5 Å². The molecule has 0 aliphatic carbocycles. The monoisotopic (exact) mass is 334 g/mol. The Kier molecular flexibility index (Phi) is 4.66. The van der Waals surface area contributed by atoms with Gasteiger partial charge in [-0.05, 0) is 19.9 Å². The van der Waals surface area contributed by atoms with Gasteiger partial charge in [0.1, 0.15) is 0 Å². The molecule has 3 rings (SSSR count). The lowest BCUT2D eigenvalue weighted by Crippen LogP contribution is -2.44. The van der Waals surface area contributed by atoms with E-state index in [2.05, 4.69) is 10.3 Å². The Hall–Kier alpha value is -2.22. The SMILES string of the molecule is Cc1cc(C)n(CCC(=O)N2C[C@H]3COC[C@@H](C2)C(=O)N3)c(=O)n1. The molecule has 0 unspecified atom stereocenters. The van der Waals surface area contributed by atoms with Crippen molar-refractivity contribution in [2.45, 2.75) is 32.9 Å². The number of hydrogen-bond donors (Lipinski definition) is 1. The van der Waals surface area contributed by atoms with E-state index >= 15 is 0 Å². The number of aromatic nitrogens is 2. The molecule has 8 heteroatoms. The van der Waals surface area contributed by atoms with Crippen molar-refractivity contribution in [2.75, 3.05) is 26.3 Å². The van der Waals surface area contributed by atoms with Crippen LogP contribution >= 0.6 is 0 Å². The summed E-state index contributed by atoms with van der Waals surface area (Å²) >= 11 is 0. The molecule has 1 aromatic heterocycles. The maximum atomic E-state index is 12.6. The van der Waals surface area contributed by atoms with E-state index in [0.717, 1.165) is 5.69 Å². The number of rotatable bonds is 3. The first-order chi connectivity index (χ1) is 11.4. The van der Waals surface area contributed by atoms with Crippen LogP contribution in [-0.2, 0) is 20.9 Å². The molecule has 130 valence electrons. The van der Waals surface area contributed by atoms with E-state index in [1.54, 1.807) is 11.8 Å². The third kappa shape index (κ3) is 3.48. The molecule has 8 nitrogen and oxygen atoms in total. The van der Waals surface area contributed by atoms with Gasteiger partial charge in [-0.25, -0.2) is 4.79 Å². The predicted molar refractivity (Wildman–Crippen MR) is 85.4 cm³/mol. The van der Waals surface area contributed by atoms with E-state index < -0.39 is 0 Å². The topological polar surface area (TPSA) is 93.5 Å². The molecule has 3 heterocycles. The smallest absolute Gasteiger partial charge is 0.347 e. The molecule has 0 spiro atoms. The fourth-order valence-electron chi connectivity index (χ4n) is 3.25. The number of nitrogens with one attached hydrogen (secondary N) is 1. The minimum absolute atomic E-state index is 0.0531. The number of nitrogens with zero attached hydrogens (tertiary/aromatic N) is 3. The normalized spacial score (nSPS) is 23.6. The fourth-order valence-corrected chi connectivity index (χ4v) is 3.25. The summed E-state index contributed by atoms with van der Waals surface area (Å²) in [6.07, 6.45) is 0.208. The number of ether oxygens (including phenoxy) is 1. The summed E-state index contributed by atoms with van der Waals surface area (Å²) in [7, 11) is 0. The summed E-state index contributed by atoms with van der Waals surface area (Å²) in [5.74, 6) is -0.440. The minimum atomic E-state index is -0.335. The van der Waals surface area contributed by atoms with Crippen LogP contribution in [0.3, 0.4) is 0 Å². The summed E-state index contributed by atoms with van der Waals surface area (Å²) in [5, 5.41) is 2.90. The molecule has 2 fully saturated rings. The third-order valence-corrected chi connectivity index (χ3v) is 4.49. The van der Waals surface area contributed by atoms with Crippen LogP contribution in [0.25, 0.3) is 0 Å². The number of fused-ring (bicyclic) bond motifs is 3. The number of carbonyl (C=O) groups is 2. The molecule has 2 amide bonds. The summed E-state index contributed by atoms with van der Waals surface area (Å²) in [6.45, 7) is 5.46. The summed E-state index contributed by atoms with van der Waals surface area (Å²) in [4.78, 5) is 42.1. The van der Waals surface area contributed by atoms with Gasteiger partial charge in [-0.2, -0.15) is 4.98 Å². The van der Waals surface area contributed by atoms with Crippen LogP contribution in [0.2, 0.25) is 0 Å². The quantitative estimate of drug-likeness (QED) is 0.783. The van der Waals surface area contributed by atoms with Crippen molar-refractivity contribution >= 4 is 11.8 Å². The first-order valence-electron chi connectivity index (χ1n) is 8.15. The van der Waals surface area contributed by atoms with Gasteiger partial charge in [-0.3, -0.25) is 14.2 Å². The molecule has 0 aromatic carbocycles. The molecule has 2 bridgehead atoms. The van der Waals surface area contributed by atoms with Gasteiger partial charge in [0, 0.05) is 37.4 Å². The molecule has 2 saturated heterocycles. The zero-order chi connectivity index (χ0) is 17.3. The highest BCUT2D eigenvalue weighted by molar-refractivity contribution is 5.82. The third-order valence-electron chi connectivity index (χ3n) is 4.49. The van der Waals surface area contributed by atoms with Crippen LogP contribution in [-0.4, -0.2) is 58.6 Å². The van der Waals surface area contributed by atoms with Crippen molar-refractivity contribution in [1.29, 1.82) is 0 Å². The highest BCUT2D eigenvalue weighted by Gasteiger charge is 2.34. The zero-order valence-electron chi connectivity index (χ0n) is 13.9. The molecule has 0 radical (unpaired) electrons. The van der Waals surface area contributed by atoms with Crippen molar-refractivity contribution < 1.29 is 14.3 Å². The number of carbonyl (C=O) groups excluding carboxylic acids is 2. The molecule has 2 aliphatic heterocycles. The van der Waals surface area contributed by atoms with Gasteiger partial charge in [0.25, 0.3) is 0 Å². The largest absolute Gasteiger partial charge is 0.378 e. The second-order valence-electron chi connectivity index (χ2n) is 6.46. The lowest BCUT2D eigenvalue weighted by Gasteiger charge is -2.27. The molecule has 2 atom stereocenters. The summed E-state index contributed by atoms with van der Waals surface area (Å²) in [5.41, 5.74) is 1.13. The zero-order valence-corrected chi connectivity index (χ0v) is 13.9. The van der Waals surface area contributed by atoms with E-state index in [-0.39, 0.29) is 35.9 Å². The van der Waals surface area contributed by atoms with Gasteiger partial charge in [0.15, 0.2) is 0 Å². The Morgan fingerprint density at radius 1 is 1.33 bits per heavy atom. The molecule has 24 heavy (non-hydrogen) atoms. The van der Waals surface area contributed by atoms with Crippen LogP contribution in [0.5, 0.6) is 0 Å². The van der Waals surface area contributed by atoms with Gasteiger partial charge in [0.05, 0.1) is 25.2 Å². The first kappa shape index (κ1) is 16.6. The molecule has 1 aromatic rings. The Morgan fingerprint density at radius 2 is 2.12 bits per heavy atom. The number of aryl methyl sites for hydroxylation is 2. The average Bonchev–Trinajstić information content (AvgIpc) is 2.74. The van der Waals surface area contributed by atoms with Gasteiger partial charge in [-0.15, -0.1) is 0 Å². The Morgan fingerprint density at radius 3 is 2.88 bits per heavy atom. The van der Waals surface area contributed by atoms with Crippen molar-refractivity contribution in [1.82, 2.24) is 19.8 Å². The Bertz CT molecular complexity index is 715. The van der Waals surface area contributed by atoms with Gasteiger partial charge in [-0.1, -0.05) is 0 Å². The fraction of sp³-hybridized carbons (Fsp3) is 0.625. The van der Waals surface area contributed by atoms with Gasteiger partial charge in [0.2, 0.25) is 11.8 Å². The number of hydrogen-bond acceptors (Lipinski definition) is 5. The molecule has 0 saturated carbocycles.